The largest absolute Gasteiger partial charge is 0.276 e. The molecular weight excluding hydrogens is 352 g/mol. The molecule has 2 rings (SSSR count). The second kappa shape index (κ2) is 6.27. The lowest BCUT2D eigenvalue weighted by Gasteiger charge is -2.12. The first-order valence-electron chi connectivity index (χ1n) is 8.21. The van der Waals surface area contributed by atoms with Crippen LogP contribution in [-0.2, 0) is 10.0 Å². The van der Waals surface area contributed by atoms with E-state index in [0.717, 1.165) is 5.56 Å². The summed E-state index contributed by atoms with van der Waals surface area (Å²) in [6, 6.07) is 6.77. The molecule has 4 nitrogen and oxygen atoms in total. The van der Waals surface area contributed by atoms with Gasteiger partial charge in [0.2, 0.25) is 0 Å². The number of nitrogens with zero attached hydrogens (tertiary/aromatic N) is 1. The number of rotatable bonds is 6. The van der Waals surface area contributed by atoms with Crippen LogP contribution in [0.2, 0.25) is 39.3 Å². The first-order valence-corrected chi connectivity index (χ1v) is 16.7. The highest BCUT2D eigenvalue weighted by molar-refractivity contribution is 7.89. The molecule has 0 amide bonds. The molecule has 0 aromatic heterocycles. The van der Waals surface area contributed by atoms with E-state index < -0.39 is 26.2 Å². The van der Waals surface area contributed by atoms with Crippen molar-refractivity contribution in [1.82, 2.24) is 4.83 Å². The number of hydrazone groups is 1. The number of allylic oxidation sites excluding steroid dienone is 2. The Balaban J connectivity index is 2.11. The minimum atomic E-state index is -3.59. The molecule has 0 aliphatic heterocycles. The van der Waals surface area contributed by atoms with Gasteiger partial charge in [0.15, 0.2) is 0 Å². The second-order valence-corrected chi connectivity index (χ2v) is 20.2. The maximum atomic E-state index is 12.3. The van der Waals surface area contributed by atoms with Crippen LogP contribution in [0.15, 0.2) is 44.7 Å². The smallest absolute Gasteiger partial charge is 0.200 e. The molecule has 24 heavy (non-hydrogen) atoms. The van der Waals surface area contributed by atoms with E-state index in [1.807, 2.05) is 6.92 Å². The molecule has 1 aromatic rings. The molecule has 0 unspecified atom stereocenters. The lowest BCUT2D eigenvalue weighted by atomic mass is 10.2. The fraction of sp³-hybridized carbons (Fsp3) is 0.471. The van der Waals surface area contributed by atoms with Crippen LogP contribution in [0.5, 0.6) is 0 Å². The van der Waals surface area contributed by atoms with Gasteiger partial charge in [-0.2, -0.15) is 13.5 Å². The summed E-state index contributed by atoms with van der Waals surface area (Å²) in [5, 5.41) is 7.18. The van der Waals surface area contributed by atoms with Crippen molar-refractivity contribution < 1.29 is 8.42 Å². The van der Waals surface area contributed by atoms with E-state index in [1.54, 1.807) is 40.9 Å². The minimum Gasteiger partial charge on any atom is -0.200 e. The third kappa shape index (κ3) is 4.26. The van der Waals surface area contributed by atoms with Gasteiger partial charge in [-0.15, -0.1) is 0 Å². The molecule has 0 saturated heterocycles. The summed E-state index contributed by atoms with van der Waals surface area (Å²) in [4.78, 5) is 2.60. The predicted octanol–water partition coefficient (Wildman–Crippen LogP) is 3.94. The van der Waals surface area contributed by atoms with Gasteiger partial charge >= 0.3 is 0 Å². The predicted molar refractivity (Wildman–Crippen MR) is 107 cm³/mol. The normalized spacial score (nSPS) is 16.8. The van der Waals surface area contributed by atoms with E-state index in [4.69, 9.17) is 0 Å². The van der Waals surface area contributed by atoms with Crippen LogP contribution in [0.4, 0.5) is 0 Å². The summed E-state index contributed by atoms with van der Waals surface area (Å²) in [6.07, 6.45) is 1.78. The standard InChI is InChI=1S/C17H28N2O2SSi2/c1-13-8-10-14(11-9-13)22(20,21)19-18-12-15-16(23(2,3)4)17(15)24(5,6)7/h8-12,15,19H,1-7H3/b18-12+. The van der Waals surface area contributed by atoms with Gasteiger partial charge < -0.3 is 0 Å². The lowest BCUT2D eigenvalue weighted by molar-refractivity contribution is 0.584. The van der Waals surface area contributed by atoms with Gasteiger partial charge in [0.1, 0.15) is 0 Å². The molecule has 0 fully saturated rings. The van der Waals surface area contributed by atoms with E-state index in [2.05, 4.69) is 49.2 Å². The Morgan fingerprint density at radius 2 is 1.42 bits per heavy atom. The first kappa shape index (κ1) is 19.1. The van der Waals surface area contributed by atoms with Crippen molar-refractivity contribution >= 4 is 32.4 Å². The summed E-state index contributed by atoms with van der Waals surface area (Å²) in [7, 11) is -6.35. The number of aryl methyl sites for hydroxylation is 1. The number of hydrogen-bond donors (Lipinski definition) is 1. The zero-order valence-electron chi connectivity index (χ0n) is 15.6. The molecular formula is C17H28N2O2SSi2. The minimum absolute atomic E-state index is 0.241. The van der Waals surface area contributed by atoms with Crippen LogP contribution < -0.4 is 4.83 Å². The Hall–Kier alpha value is -1.19. The maximum Gasteiger partial charge on any atom is 0.276 e. The zero-order chi connectivity index (χ0) is 18.3. The molecule has 0 radical (unpaired) electrons. The van der Waals surface area contributed by atoms with E-state index >= 15 is 0 Å². The van der Waals surface area contributed by atoms with Crippen molar-refractivity contribution in [2.45, 2.75) is 51.1 Å². The van der Waals surface area contributed by atoms with Crippen molar-refractivity contribution in [3.63, 3.8) is 0 Å². The highest BCUT2D eigenvalue weighted by atomic mass is 32.2. The fourth-order valence-electron chi connectivity index (χ4n) is 3.07. The maximum absolute atomic E-state index is 12.3. The molecule has 1 aliphatic carbocycles. The average molecular weight is 381 g/mol. The molecule has 1 aliphatic rings. The monoisotopic (exact) mass is 380 g/mol. The number of nitrogens with one attached hydrogen (secondary N) is 1. The third-order valence-electron chi connectivity index (χ3n) is 4.17. The lowest BCUT2D eigenvalue weighted by Crippen LogP contribution is -2.21. The SMILES string of the molecule is Cc1ccc(S(=O)(=O)N/N=C/C2C([Si](C)(C)C)=C2[Si](C)(C)C)cc1. The van der Waals surface area contributed by atoms with Crippen molar-refractivity contribution in [3.8, 4) is 0 Å². The molecule has 132 valence electrons. The summed E-state index contributed by atoms with van der Waals surface area (Å²) in [6.45, 7) is 16.0. The Labute approximate surface area is 148 Å². The van der Waals surface area contributed by atoms with Gasteiger partial charge in [-0.25, -0.2) is 4.83 Å². The molecule has 1 aromatic carbocycles. The van der Waals surface area contributed by atoms with Crippen molar-refractivity contribution in [3.05, 3.63) is 40.2 Å². The van der Waals surface area contributed by atoms with Crippen LogP contribution in [0, 0.1) is 12.8 Å². The summed E-state index contributed by atoms with van der Waals surface area (Å²) in [5.74, 6) is 0.268. The quantitative estimate of drug-likeness (QED) is 0.462. The highest BCUT2D eigenvalue weighted by Crippen LogP contribution is 2.48. The van der Waals surface area contributed by atoms with Gasteiger partial charge in [-0.05, 0) is 19.1 Å². The van der Waals surface area contributed by atoms with Gasteiger partial charge in [-0.1, -0.05) is 67.4 Å². The summed E-state index contributed by atoms with van der Waals surface area (Å²) in [5.41, 5.74) is 1.03. The average Bonchev–Trinajstić information content (AvgIpc) is 3.13. The van der Waals surface area contributed by atoms with Gasteiger partial charge in [0.05, 0.1) is 21.0 Å². The van der Waals surface area contributed by atoms with E-state index in [0.29, 0.717) is 0 Å². The Morgan fingerprint density at radius 1 is 0.958 bits per heavy atom. The van der Waals surface area contributed by atoms with Gasteiger partial charge in [-0.3, -0.25) is 0 Å². The number of sulfonamides is 1. The third-order valence-corrected chi connectivity index (χ3v) is 10.1. The van der Waals surface area contributed by atoms with E-state index in [9.17, 15) is 8.42 Å². The molecule has 7 heteroatoms. The van der Waals surface area contributed by atoms with Gasteiger partial charge in [0, 0.05) is 12.1 Å². The Bertz CT molecular complexity index is 759. The molecule has 1 N–H and O–H groups in total. The number of benzene rings is 1. The van der Waals surface area contributed by atoms with Crippen molar-refractivity contribution in [1.29, 1.82) is 0 Å². The van der Waals surface area contributed by atoms with Crippen LogP contribution in [0.3, 0.4) is 0 Å². The highest BCUT2D eigenvalue weighted by Gasteiger charge is 2.48. The van der Waals surface area contributed by atoms with E-state index in [1.165, 1.54) is 0 Å². The van der Waals surface area contributed by atoms with Crippen LogP contribution >= 0.6 is 0 Å². The second-order valence-electron chi connectivity index (χ2n) is 8.49. The first-order chi connectivity index (χ1) is 10.8. The zero-order valence-corrected chi connectivity index (χ0v) is 18.5. The van der Waals surface area contributed by atoms with Crippen molar-refractivity contribution in [2.75, 3.05) is 0 Å². The molecule has 0 heterocycles. The fourth-order valence-corrected chi connectivity index (χ4v) is 10.4. The summed E-state index contributed by atoms with van der Waals surface area (Å²) < 4.78 is 24.6. The summed E-state index contributed by atoms with van der Waals surface area (Å²) >= 11 is 0. The molecule has 0 bridgehead atoms. The van der Waals surface area contributed by atoms with Gasteiger partial charge in [0.25, 0.3) is 10.0 Å². The van der Waals surface area contributed by atoms with Crippen LogP contribution in [0.25, 0.3) is 0 Å². The number of hydrogen-bond acceptors (Lipinski definition) is 3. The molecule has 0 atom stereocenters. The van der Waals surface area contributed by atoms with E-state index in [-0.39, 0.29) is 10.8 Å². The van der Waals surface area contributed by atoms with Crippen LogP contribution in [-0.4, -0.2) is 30.8 Å². The van der Waals surface area contributed by atoms with Crippen LogP contribution in [0.1, 0.15) is 5.56 Å². The topological polar surface area (TPSA) is 58.5 Å². The van der Waals surface area contributed by atoms with Crippen molar-refractivity contribution in [2.24, 2.45) is 11.0 Å². The molecule has 0 spiro atoms. The Morgan fingerprint density at radius 3 is 1.83 bits per heavy atom. The molecule has 0 saturated carbocycles. The Kier molecular flexibility index (Phi) is 5.00.